The molecule has 0 aliphatic carbocycles. The van der Waals surface area contributed by atoms with Crippen molar-refractivity contribution in [3.63, 3.8) is 0 Å². The topological polar surface area (TPSA) is 3.24 Å². The first-order valence-electron chi connectivity index (χ1n) is 3.77. The molecule has 0 fully saturated rings. The molecule has 2 rings (SSSR count). The van der Waals surface area contributed by atoms with E-state index in [-0.39, 0.29) is 0 Å². The molecule has 1 atom stereocenters. The van der Waals surface area contributed by atoms with Crippen molar-refractivity contribution in [2.75, 3.05) is 18.5 Å². The fraction of sp³-hybridized carbons (Fsp3) is 0.333. The minimum Gasteiger partial charge on any atom is -0.373 e. The zero-order valence-corrected chi connectivity index (χ0v) is 7.38. The third kappa shape index (κ3) is 1.02. The van der Waals surface area contributed by atoms with E-state index in [0.29, 0.717) is 5.25 Å². The molecule has 1 aliphatic heterocycles. The lowest BCUT2D eigenvalue weighted by atomic mass is 10.2. The predicted octanol–water partition coefficient (Wildman–Crippen LogP) is 2.11. The summed E-state index contributed by atoms with van der Waals surface area (Å²) in [6, 6.07) is 8.43. The van der Waals surface area contributed by atoms with Gasteiger partial charge in [-0.25, -0.2) is 0 Å². The number of benzene rings is 1. The molecule has 0 radical (unpaired) electrons. The van der Waals surface area contributed by atoms with Gasteiger partial charge in [0.1, 0.15) is 0 Å². The van der Waals surface area contributed by atoms with Crippen molar-refractivity contribution in [1.82, 2.24) is 0 Å². The van der Waals surface area contributed by atoms with E-state index in [1.807, 2.05) is 0 Å². The standard InChI is InChI=1S/C9H11NS/c1-10-6-9(11)7-4-2-3-5-8(7)10/h2-5,9,11H,6H2,1H3. The molecule has 1 unspecified atom stereocenters. The maximum absolute atomic E-state index is 4.49. The monoisotopic (exact) mass is 165 g/mol. The second-order valence-electron chi connectivity index (χ2n) is 2.96. The molecule has 1 nitrogen and oxygen atoms in total. The number of nitrogens with zero attached hydrogens (tertiary/aromatic N) is 1. The van der Waals surface area contributed by atoms with E-state index in [1.54, 1.807) is 0 Å². The van der Waals surface area contributed by atoms with Gasteiger partial charge in [0.25, 0.3) is 0 Å². The fourth-order valence-corrected chi connectivity index (χ4v) is 2.04. The van der Waals surface area contributed by atoms with Crippen LogP contribution in [0, 0.1) is 0 Å². The van der Waals surface area contributed by atoms with Gasteiger partial charge in [0.15, 0.2) is 0 Å². The molecule has 2 heteroatoms. The number of likely N-dealkylation sites (N-methyl/N-ethyl adjacent to an activating group) is 1. The van der Waals surface area contributed by atoms with Crippen molar-refractivity contribution < 1.29 is 0 Å². The third-order valence-electron chi connectivity index (χ3n) is 2.15. The van der Waals surface area contributed by atoms with Gasteiger partial charge in [-0.05, 0) is 11.6 Å². The normalized spacial score (nSPS) is 22.0. The van der Waals surface area contributed by atoms with Crippen LogP contribution in [0.15, 0.2) is 24.3 Å². The second-order valence-corrected chi connectivity index (χ2v) is 3.58. The summed E-state index contributed by atoms with van der Waals surface area (Å²) in [5.41, 5.74) is 2.69. The Morgan fingerprint density at radius 3 is 2.91 bits per heavy atom. The fourth-order valence-electron chi connectivity index (χ4n) is 1.57. The van der Waals surface area contributed by atoms with Crippen molar-refractivity contribution >= 4 is 18.3 Å². The highest BCUT2D eigenvalue weighted by atomic mass is 32.1. The number of hydrogen-bond donors (Lipinski definition) is 1. The molecule has 1 aliphatic rings. The van der Waals surface area contributed by atoms with Crippen molar-refractivity contribution in [2.45, 2.75) is 5.25 Å². The lowest BCUT2D eigenvalue weighted by Gasteiger charge is -2.10. The summed E-state index contributed by atoms with van der Waals surface area (Å²) in [5, 5.41) is 0.399. The third-order valence-corrected chi connectivity index (χ3v) is 2.60. The largest absolute Gasteiger partial charge is 0.373 e. The summed E-state index contributed by atoms with van der Waals surface area (Å²) in [4.78, 5) is 2.24. The van der Waals surface area contributed by atoms with Crippen molar-refractivity contribution in [2.24, 2.45) is 0 Å². The lowest BCUT2D eigenvalue weighted by Crippen LogP contribution is -2.13. The van der Waals surface area contributed by atoms with Crippen LogP contribution in [-0.4, -0.2) is 13.6 Å². The van der Waals surface area contributed by atoms with Crippen LogP contribution >= 0.6 is 12.6 Å². The summed E-state index contributed by atoms with van der Waals surface area (Å²) >= 11 is 4.49. The molecule has 0 saturated heterocycles. The summed E-state index contributed by atoms with van der Waals surface area (Å²) in [6.07, 6.45) is 0. The molecule has 0 aromatic heterocycles. The molecule has 11 heavy (non-hydrogen) atoms. The number of para-hydroxylation sites is 1. The Bertz CT molecular complexity index is 245. The van der Waals surface area contributed by atoms with Gasteiger partial charge in [-0.1, -0.05) is 18.2 Å². The predicted molar refractivity (Wildman–Crippen MR) is 51.4 cm³/mol. The molecule has 0 saturated carbocycles. The van der Waals surface area contributed by atoms with Crippen molar-refractivity contribution in [3.05, 3.63) is 29.8 Å². The highest BCUT2D eigenvalue weighted by molar-refractivity contribution is 7.80. The molecule has 0 bridgehead atoms. The first-order chi connectivity index (χ1) is 5.29. The minimum absolute atomic E-state index is 0.399. The number of anilines is 1. The smallest absolute Gasteiger partial charge is 0.0462 e. The molecule has 58 valence electrons. The molecular formula is C9H11NS. The Hall–Kier alpha value is -0.630. The zero-order valence-electron chi connectivity index (χ0n) is 6.49. The van der Waals surface area contributed by atoms with Crippen molar-refractivity contribution in [3.8, 4) is 0 Å². The van der Waals surface area contributed by atoms with Crippen LogP contribution in [0.1, 0.15) is 10.8 Å². The van der Waals surface area contributed by atoms with Gasteiger partial charge in [0.2, 0.25) is 0 Å². The van der Waals surface area contributed by atoms with Gasteiger partial charge in [0, 0.05) is 24.5 Å². The van der Waals surface area contributed by atoms with E-state index in [4.69, 9.17) is 0 Å². The van der Waals surface area contributed by atoms with Gasteiger partial charge in [0.05, 0.1) is 0 Å². The molecule has 1 heterocycles. The van der Waals surface area contributed by atoms with Crippen LogP contribution in [0.3, 0.4) is 0 Å². The average Bonchev–Trinajstić information content (AvgIpc) is 2.30. The Balaban J connectivity index is 2.52. The van der Waals surface area contributed by atoms with Crippen LogP contribution in [0.4, 0.5) is 5.69 Å². The highest BCUT2D eigenvalue weighted by Crippen LogP contribution is 2.36. The Morgan fingerprint density at radius 2 is 2.18 bits per heavy atom. The summed E-state index contributed by atoms with van der Waals surface area (Å²) in [7, 11) is 2.11. The molecule has 0 amide bonds. The zero-order chi connectivity index (χ0) is 7.84. The van der Waals surface area contributed by atoms with Crippen molar-refractivity contribution in [1.29, 1.82) is 0 Å². The van der Waals surface area contributed by atoms with E-state index in [1.165, 1.54) is 11.3 Å². The highest BCUT2D eigenvalue weighted by Gasteiger charge is 2.21. The van der Waals surface area contributed by atoms with Crippen LogP contribution < -0.4 is 4.90 Å². The number of rotatable bonds is 0. The summed E-state index contributed by atoms with van der Waals surface area (Å²) in [5.74, 6) is 0. The second kappa shape index (κ2) is 2.45. The van der Waals surface area contributed by atoms with E-state index in [2.05, 4.69) is 48.8 Å². The van der Waals surface area contributed by atoms with E-state index < -0.39 is 0 Å². The Labute approximate surface area is 72.4 Å². The lowest BCUT2D eigenvalue weighted by molar-refractivity contribution is 0.943. The Morgan fingerprint density at radius 1 is 1.45 bits per heavy atom. The van der Waals surface area contributed by atoms with Gasteiger partial charge < -0.3 is 4.90 Å². The maximum Gasteiger partial charge on any atom is 0.0462 e. The van der Waals surface area contributed by atoms with Gasteiger partial charge in [-0.3, -0.25) is 0 Å². The quantitative estimate of drug-likeness (QED) is 0.576. The van der Waals surface area contributed by atoms with Crippen LogP contribution in [-0.2, 0) is 0 Å². The first-order valence-corrected chi connectivity index (χ1v) is 4.29. The van der Waals surface area contributed by atoms with E-state index in [9.17, 15) is 0 Å². The van der Waals surface area contributed by atoms with Crippen LogP contribution in [0.5, 0.6) is 0 Å². The maximum atomic E-state index is 4.49. The Kier molecular flexibility index (Phi) is 1.57. The number of hydrogen-bond acceptors (Lipinski definition) is 2. The van der Waals surface area contributed by atoms with Crippen LogP contribution in [0.2, 0.25) is 0 Å². The molecule has 1 aromatic rings. The SMILES string of the molecule is CN1CC(S)c2ccccc21. The number of thiol groups is 1. The molecule has 1 aromatic carbocycles. The van der Waals surface area contributed by atoms with E-state index in [0.717, 1.165) is 6.54 Å². The molecular weight excluding hydrogens is 154 g/mol. The minimum atomic E-state index is 0.399. The van der Waals surface area contributed by atoms with Gasteiger partial charge in [-0.2, -0.15) is 12.6 Å². The van der Waals surface area contributed by atoms with Gasteiger partial charge in [-0.15, -0.1) is 0 Å². The number of fused-ring (bicyclic) bond motifs is 1. The average molecular weight is 165 g/mol. The van der Waals surface area contributed by atoms with Crippen LogP contribution in [0.25, 0.3) is 0 Å². The van der Waals surface area contributed by atoms with E-state index >= 15 is 0 Å². The van der Waals surface area contributed by atoms with Gasteiger partial charge >= 0.3 is 0 Å². The molecule has 0 N–H and O–H groups in total. The summed E-state index contributed by atoms with van der Waals surface area (Å²) in [6.45, 7) is 1.03. The molecule has 0 spiro atoms. The first kappa shape index (κ1) is 7.04. The summed E-state index contributed by atoms with van der Waals surface area (Å²) < 4.78 is 0.